The summed E-state index contributed by atoms with van der Waals surface area (Å²) in [6.07, 6.45) is 1.79. The quantitative estimate of drug-likeness (QED) is 0.452. The van der Waals surface area contributed by atoms with E-state index in [1.54, 1.807) is 23.1 Å². The number of fused-ring (bicyclic) bond motifs is 1. The Balaban J connectivity index is 1.87. The summed E-state index contributed by atoms with van der Waals surface area (Å²) in [5.74, 6) is 0.756. The second-order valence-corrected chi connectivity index (χ2v) is 8.16. The van der Waals surface area contributed by atoms with E-state index in [0.717, 1.165) is 11.0 Å². The highest BCUT2D eigenvalue weighted by Gasteiger charge is 2.25. The van der Waals surface area contributed by atoms with Crippen molar-refractivity contribution >= 4 is 17.3 Å². The van der Waals surface area contributed by atoms with Crippen molar-refractivity contribution in [3.63, 3.8) is 0 Å². The number of alkyl halides is 2. The minimum Gasteiger partial charge on any atom is -0.493 e. The normalized spacial score (nSPS) is 14.4. The van der Waals surface area contributed by atoms with Gasteiger partial charge in [-0.3, -0.25) is 18.7 Å². The van der Waals surface area contributed by atoms with E-state index in [4.69, 9.17) is 9.47 Å². The standard InChI is InChI=1S/C24H25F2N3O6/c1-33-20-6-3-15(11-21(20)34-2)13-28-22(31)18-12-17(35-23(25)26)4-5-19(18)29(24(28)32)16-7-9-27(14-30)10-8-16/h3-6,11-12,14,16,23H,7-10,13H2,1-2H3. The minimum atomic E-state index is -3.06. The first-order chi connectivity index (χ1) is 16.9. The van der Waals surface area contributed by atoms with Gasteiger partial charge in [-0.05, 0) is 48.7 Å². The number of aromatic nitrogens is 2. The number of hydrogen-bond acceptors (Lipinski definition) is 6. The molecular formula is C24H25F2N3O6. The second-order valence-electron chi connectivity index (χ2n) is 8.16. The summed E-state index contributed by atoms with van der Waals surface area (Å²) >= 11 is 0. The van der Waals surface area contributed by atoms with Crippen LogP contribution in [0.15, 0.2) is 46.0 Å². The molecule has 1 aliphatic rings. The molecule has 1 aliphatic heterocycles. The number of rotatable bonds is 8. The summed E-state index contributed by atoms with van der Waals surface area (Å²) in [5.41, 5.74) is -0.205. The van der Waals surface area contributed by atoms with Crippen molar-refractivity contribution < 1.29 is 27.8 Å². The van der Waals surface area contributed by atoms with Gasteiger partial charge in [0, 0.05) is 19.1 Å². The molecule has 0 unspecified atom stereocenters. The van der Waals surface area contributed by atoms with Crippen LogP contribution in [0.3, 0.4) is 0 Å². The Labute approximate surface area is 199 Å². The van der Waals surface area contributed by atoms with Crippen molar-refractivity contribution in [1.82, 2.24) is 14.0 Å². The van der Waals surface area contributed by atoms with Gasteiger partial charge in [0.25, 0.3) is 5.56 Å². The third-order valence-electron chi connectivity index (χ3n) is 6.17. The second kappa shape index (κ2) is 10.2. The van der Waals surface area contributed by atoms with E-state index < -0.39 is 17.9 Å². The van der Waals surface area contributed by atoms with E-state index in [-0.39, 0.29) is 23.7 Å². The average Bonchev–Trinajstić information content (AvgIpc) is 2.86. The first-order valence-corrected chi connectivity index (χ1v) is 11.0. The average molecular weight is 489 g/mol. The van der Waals surface area contributed by atoms with Crippen LogP contribution in [0.2, 0.25) is 0 Å². The number of methoxy groups -OCH3 is 2. The van der Waals surface area contributed by atoms with Gasteiger partial charge in [-0.1, -0.05) is 6.07 Å². The van der Waals surface area contributed by atoms with Crippen LogP contribution >= 0.6 is 0 Å². The van der Waals surface area contributed by atoms with E-state index in [0.29, 0.717) is 48.5 Å². The van der Waals surface area contributed by atoms with Crippen molar-refractivity contribution in [1.29, 1.82) is 0 Å². The molecule has 0 saturated carbocycles. The number of likely N-dealkylation sites (tertiary alicyclic amines) is 1. The molecule has 0 aliphatic carbocycles. The fourth-order valence-electron chi connectivity index (χ4n) is 4.44. The number of ether oxygens (including phenoxy) is 3. The third-order valence-corrected chi connectivity index (χ3v) is 6.17. The zero-order chi connectivity index (χ0) is 25.1. The summed E-state index contributed by atoms with van der Waals surface area (Å²) < 4.78 is 43.3. The molecule has 1 aromatic heterocycles. The molecule has 0 atom stereocenters. The lowest BCUT2D eigenvalue weighted by Crippen LogP contribution is -2.44. The smallest absolute Gasteiger partial charge is 0.387 e. The molecule has 0 radical (unpaired) electrons. The van der Waals surface area contributed by atoms with Crippen LogP contribution in [0, 0.1) is 0 Å². The molecule has 0 N–H and O–H groups in total. The maximum absolute atomic E-state index is 13.6. The molecule has 2 aromatic carbocycles. The van der Waals surface area contributed by atoms with Crippen molar-refractivity contribution in [3.8, 4) is 17.2 Å². The number of amides is 1. The van der Waals surface area contributed by atoms with Gasteiger partial charge < -0.3 is 19.1 Å². The number of hydrogen-bond donors (Lipinski definition) is 0. The van der Waals surface area contributed by atoms with E-state index in [1.165, 1.54) is 37.0 Å². The molecule has 11 heteroatoms. The monoisotopic (exact) mass is 489 g/mol. The summed E-state index contributed by atoms with van der Waals surface area (Å²) in [6.45, 7) is -2.20. The van der Waals surface area contributed by atoms with Crippen molar-refractivity contribution in [3.05, 3.63) is 62.8 Å². The van der Waals surface area contributed by atoms with Crippen LogP contribution in [0.4, 0.5) is 8.78 Å². The Morgan fingerprint density at radius 2 is 1.74 bits per heavy atom. The lowest BCUT2D eigenvalue weighted by molar-refractivity contribution is -0.119. The molecule has 1 saturated heterocycles. The topological polar surface area (TPSA) is 92.0 Å². The molecule has 0 bridgehead atoms. The largest absolute Gasteiger partial charge is 0.493 e. The third kappa shape index (κ3) is 4.84. The molecule has 186 valence electrons. The van der Waals surface area contributed by atoms with Crippen LogP contribution in [-0.4, -0.2) is 54.4 Å². The van der Waals surface area contributed by atoms with Crippen LogP contribution in [0.25, 0.3) is 10.9 Å². The van der Waals surface area contributed by atoms with E-state index >= 15 is 0 Å². The summed E-state index contributed by atoms with van der Waals surface area (Å²) in [5, 5.41) is 0.0843. The maximum Gasteiger partial charge on any atom is 0.387 e. The Bertz CT molecular complexity index is 1350. The highest BCUT2D eigenvalue weighted by Crippen LogP contribution is 2.29. The number of piperidine rings is 1. The van der Waals surface area contributed by atoms with Crippen molar-refractivity contribution in [2.45, 2.75) is 32.0 Å². The number of nitrogens with zero attached hydrogens (tertiary/aromatic N) is 3. The van der Waals surface area contributed by atoms with Gasteiger partial charge in [0.15, 0.2) is 11.5 Å². The van der Waals surface area contributed by atoms with Gasteiger partial charge in [0.2, 0.25) is 6.41 Å². The van der Waals surface area contributed by atoms with Crippen LogP contribution < -0.4 is 25.5 Å². The van der Waals surface area contributed by atoms with Gasteiger partial charge in [-0.25, -0.2) is 4.79 Å². The highest BCUT2D eigenvalue weighted by molar-refractivity contribution is 5.80. The Morgan fingerprint density at radius 3 is 2.37 bits per heavy atom. The minimum absolute atomic E-state index is 0.0684. The molecule has 1 amide bonds. The van der Waals surface area contributed by atoms with Gasteiger partial charge >= 0.3 is 12.3 Å². The molecule has 0 spiro atoms. The molecule has 2 heterocycles. The molecular weight excluding hydrogens is 464 g/mol. The first-order valence-electron chi connectivity index (χ1n) is 11.0. The van der Waals surface area contributed by atoms with Gasteiger partial charge in [0.1, 0.15) is 5.75 Å². The number of carbonyl (C=O) groups is 1. The summed E-state index contributed by atoms with van der Waals surface area (Å²) in [4.78, 5) is 39.8. The highest BCUT2D eigenvalue weighted by atomic mass is 19.3. The number of carbonyl (C=O) groups excluding carboxylic acids is 1. The zero-order valence-corrected chi connectivity index (χ0v) is 19.3. The zero-order valence-electron chi connectivity index (χ0n) is 19.3. The van der Waals surface area contributed by atoms with Gasteiger partial charge in [0.05, 0.1) is 31.7 Å². The SMILES string of the molecule is COc1ccc(Cn2c(=O)c3cc(OC(F)F)ccc3n(C3CCN(C=O)CC3)c2=O)cc1OC. The van der Waals surface area contributed by atoms with Crippen LogP contribution in [0.1, 0.15) is 24.4 Å². The molecule has 1 fully saturated rings. The predicted molar refractivity (Wildman–Crippen MR) is 124 cm³/mol. The lowest BCUT2D eigenvalue weighted by atomic mass is 10.0. The van der Waals surface area contributed by atoms with Crippen LogP contribution in [-0.2, 0) is 11.3 Å². The van der Waals surface area contributed by atoms with Crippen molar-refractivity contribution in [2.24, 2.45) is 0 Å². The fraction of sp³-hybridized carbons (Fsp3) is 0.375. The lowest BCUT2D eigenvalue weighted by Gasteiger charge is -2.31. The summed E-state index contributed by atoms with van der Waals surface area (Å²) in [6, 6.07) is 8.75. The van der Waals surface area contributed by atoms with E-state index in [1.807, 2.05) is 0 Å². The Hall–Kier alpha value is -3.89. The Kier molecular flexibility index (Phi) is 7.04. The molecule has 35 heavy (non-hydrogen) atoms. The summed E-state index contributed by atoms with van der Waals surface area (Å²) in [7, 11) is 2.98. The van der Waals surface area contributed by atoms with E-state index in [9.17, 15) is 23.2 Å². The number of halogens is 2. The predicted octanol–water partition coefficient (Wildman–Crippen LogP) is 2.62. The van der Waals surface area contributed by atoms with E-state index in [2.05, 4.69) is 4.74 Å². The number of benzene rings is 2. The molecule has 3 aromatic rings. The van der Waals surface area contributed by atoms with Gasteiger partial charge in [-0.15, -0.1) is 0 Å². The first kappa shape index (κ1) is 24.2. The van der Waals surface area contributed by atoms with Crippen LogP contribution in [0.5, 0.6) is 17.2 Å². The van der Waals surface area contributed by atoms with Crippen molar-refractivity contribution in [2.75, 3.05) is 27.3 Å². The van der Waals surface area contributed by atoms with Gasteiger partial charge in [-0.2, -0.15) is 8.78 Å². The fourth-order valence-corrected chi connectivity index (χ4v) is 4.44. The Morgan fingerprint density at radius 1 is 1.03 bits per heavy atom. The maximum atomic E-state index is 13.6. The molecule has 4 rings (SSSR count). The molecule has 9 nitrogen and oxygen atoms in total.